The summed E-state index contributed by atoms with van der Waals surface area (Å²) >= 11 is 7.21. The third-order valence-electron chi connectivity index (χ3n) is 2.78. The van der Waals surface area contributed by atoms with Crippen molar-refractivity contribution in [2.75, 3.05) is 0 Å². The van der Waals surface area contributed by atoms with E-state index >= 15 is 0 Å². The van der Waals surface area contributed by atoms with Crippen LogP contribution in [-0.4, -0.2) is 5.91 Å². The summed E-state index contributed by atoms with van der Waals surface area (Å²) in [5.41, 5.74) is 3.20. The van der Waals surface area contributed by atoms with E-state index in [1.54, 1.807) is 24.3 Å². The number of rotatable bonds is 4. The predicted octanol–water partition coefficient (Wildman–Crippen LogP) is 4.03. The van der Waals surface area contributed by atoms with Crippen LogP contribution < -0.4 is 10.3 Å². The van der Waals surface area contributed by atoms with Crippen molar-refractivity contribution >= 4 is 40.4 Å². The summed E-state index contributed by atoms with van der Waals surface area (Å²) in [5, 5.41) is 1.40. The SMILES string of the molecule is O=C(NNSc1ccccc1)c1cc2cc(Cl)ccc2o1. The van der Waals surface area contributed by atoms with Gasteiger partial charge in [-0.1, -0.05) is 29.8 Å². The highest BCUT2D eigenvalue weighted by atomic mass is 35.5. The second-order valence-corrected chi connectivity index (χ2v) is 5.58. The van der Waals surface area contributed by atoms with Crippen LogP contribution in [0.25, 0.3) is 11.0 Å². The van der Waals surface area contributed by atoms with E-state index in [2.05, 4.69) is 10.3 Å². The molecule has 3 rings (SSSR count). The predicted molar refractivity (Wildman–Crippen MR) is 84.1 cm³/mol. The maximum Gasteiger partial charge on any atom is 0.301 e. The number of benzene rings is 2. The summed E-state index contributed by atoms with van der Waals surface area (Å²) < 4.78 is 5.47. The van der Waals surface area contributed by atoms with Gasteiger partial charge in [-0.05, 0) is 48.3 Å². The Morgan fingerprint density at radius 2 is 1.90 bits per heavy atom. The first-order chi connectivity index (χ1) is 10.2. The molecule has 0 aliphatic heterocycles. The summed E-state index contributed by atoms with van der Waals surface area (Å²) in [6.07, 6.45) is 0. The Labute approximate surface area is 130 Å². The van der Waals surface area contributed by atoms with Crippen LogP contribution in [0.5, 0.6) is 0 Å². The molecule has 1 aromatic heterocycles. The van der Waals surface area contributed by atoms with Crippen LogP contribution in [0, 0.1) is 0 Å². The fourth-order valence-corrected chi connectivity index (χ4v) is 2.54. The molecular weight excluding hydrogens is 308 g/mol. The van der Waals surface area contributed by atoms with E-state index in [9.17, 15) is 4.79 Å². The molecule has 3 aromatic rings. The van der Waals surface area contributed by atoms with Gasteiger partial charge in [0.2, 0.25) is 0 Å². The van der Waals surface area contributed by atoms with Gasteiger partial charge in [0, 0.05) is 15.3 Å². The Kier molecular flexibility index (Phi) is 4.15. The van der Waals surface area contributed by atoms with Crippen LogP contribution in [0.1, 0.15) is 10.6 Å². The summed E-state index contributed by atoms with van der Waals surface area (Å²) in [6, 6.07) is 16.5. The zero-order valence-electron chi connectivity index (χ0n) is 10.8. The number of amides is 1. The first kappa shape index (κ1) is 14.0. The second kappa shape index (κ2) is 6.22. The number of fused-ring (bicyclic) bond motifs is 1. The summed E-state index contributed by atoms with van der Waals surface area (Å²) in [6.45, 7) is 0. The molecule has 0 radical (unpaired) electrons. The van der Waals surface area contributed by atoms with Crippen LogP contribution in [0.15, 0.2) is 63.9 Å². The lowest BCUT2D eigenvalue weighted by molar-refractivity contribution is 0.0921. The van der Waals surface area contributed by atoms with Gasteiger partial charge < -0.3 is 4.42 Å². The Morgan fingerprint density at radius 1 is 1.10 bits per heavy atom. The molecule has 0 aliphatic carbocycles. The first-order valence-corrected chi connectivity index (χ1v) is 7.38. The Balaban J connectivity index is 1.64. The van der Waals surface area contributed by atoms with Crippen LogP contribution in [-0.2, 0) is 0 Å². The van der Waals surface area contributed by atoms with Gasteiger partial charge in [0.05, 0.1) is 0 Å². The van der Waals surface area contributed by atoms with Crippen molar-refractivity contribution in [3.63, 3.8) is 0 Å². The molecule has 1 heterocycles. The Bertz CT molecular complexity index is 774. The number of hydrogen-bond acceptors (Lipinski definition) is 4. The Hall–Kier alpha value is -1.95. The Morgan fingerprint density at radius 3 is 2.71 bits per heavy atom. The molecule has 0 saturated heterocycles. The van der Waals surface area contributed by atoms with Gasteiger partial charge in [-0.3, -0.25) is 10.2 Å². The van der Waals surface area contributed by atoms with E-state index in [1.165, 1.54) is 11.9 Å². The molecule has 0 unspecified atom stereocenters. The van der Waals surface area contributed by atoms with Gasteiger partial charge >= 0.3 is 5.91 Å². The van der Waals surface area contributed by atoms with Crippen molar-refractivity contribution in [1.29, 1.82) is 0 Å². The zero-order valence-corrected chi connectivity index (χ0v) is 12.4. The number of halogens is 1. The van der Waals surface area contributed by atoms with Crippen molar-refractivity contribution in [3.05, 3.63) is 65.4 Å². The molecule has 106 valence electrons. The lowest BCUT2D eigenvalue weighted by Crippen LogP contribution is -2.32. The number of carbonyl (C=O) groups is 1. The molecule has 0 fully saturated rings. The molecule has 1 amide bonds. The molecular formula is C15H11ClN2O2S. The van der Waals surface area contributed by atoms with Crippen molar-refractivity contribution in [1.82, 2.24) is 10.3 Å². The highest BCUT2D eigenvalue weighted by molar-refractivity contribution is 7.97. The zero-order chi connectivity index (χ0) is 14.7. The molecule has 0 spiro atoms. The third kappa shape index (κ3) is 3.39. The number of furan rings is 1. The molecule has 4 nitrogen and oxygen atoms in total. The lowest BCUT2D eigenvalue weighted by atomic mass is 10.2. The summed E-state index contributed by atoms with van der Waals surface area (Å²) in [5.74, 6) is -0.112. The smallest absolute Gasteiger partial charge is 0.301 e. The number of hydrogen-bond donors (Lipinski definition) is 2. The van der Waals surface area contributed by atoms with Crippen molar-refractivity contribution < 1.29 is 9.21 Å². The monoisotopic (exact) mass is 318 g/mol. The summed E-state index contributed by atoms with van der Waals surface area (Å²) in [7, 11) is 0. The van der Waals surface area contributed by atoms with Crippen LogP contribution in [0.2, 0.25) is 5.02 Å². The minimum atomic E-state index is -0.342. The number of carbonyl (C=O) groups excluding carboxylic acids is 1. The van der Waals surface area contributed by atoms with Gasteiger partial charge in [0.25, 0.3) is 0 Å². The summed E-state index contributed by atoms with van der Waals surface area (Å²) in [4.78, 5) is 15.8. The molecule has 0 atom stereocenters. The second-order valence-electron chi connectivity index (χ2n) is 4.26. The topological polar surface area (TPSA) is 54.3 Å². The van der Waals surface area contributed by atoms with E-state index in [0.717, 1.165) is 10.3 Å². The lowest BCUT2D eigenvalue weighted by Gasteiger charge is -2.04. The normalized spacial score (nSPS) is 10.7. The maximum atomic E-state index is 12.0. The first-order valence-electron chi connectivity index (χ1n) is 6.19. The van der Waals surface area contributed by atoms with E-state index in [0.29, 0.717) is 10.6 Å². The van der Waals surface area contributed by atoms with Gasteiger partial charge in [-0.15, -0.1) is 0 Å². The number of nitrogens with one attached hydrogen (secondary N) is 2. The fraction of sp³-hybridized carbons (Fsp3) is 0. The highest BCUT2D eigenvalue weighted by Gasteiger charge is 2.12. The molecule has 6 heteroatoms. The molecule has 0 aliphatic rings. The maximum absolute atomic E-state index is 12.0. The minimum absolute atomic E-state index is 0.230. The van der Waals surface area contributed by atoms with E-state index < -0.39 is 0 Å². The van der Waals surface area contributed by atoms with Crippen LogP contribution in [0.4, 0.5) is 0 Å². The largest absolute Gasteiger partial charge is 0.451 e. The molecule has 2 N–H and O–H groups in total. The molecule has 0 bridgehead atoms. The van der Waals surface area contributed by atoms with Gasteiger partial charge in [0.1, 0.15) is 5.58 Å². The molecule has 21 heavy (non-hydrogen) atoms. The number of hydrazine groups is 1. The van der Waals surface area contributed by atoms with Crippen molar-refractivity contribution in [3.8, 4) is 0 Å². The quantitative estimate of drug-likeness (QED) is 0.563. The van der Waals surface area contributed by atoms with Gasteiger partial charge in [-0.2, -0.15) is 4.83 Å². The van der Waals surface area contributed by atoms with Crippen molar-refractivity contribution in [2.45, 2.75) is 4.90 Å². The molecule has 0 saturated carbocycles. The minimum Gasteiger partial charge on any atom is -0.451 e. The average molecular weight is 319 g/mol. The van der Waals surface area contributed by atoms with Crippen molar-refractivity contribution in [2.24, 2.45) is 0 Å². The van der Waals surface area contributed by atoms with E-state index in [-0.39, 0.29) is 11.7 Å². The average Bonchev–Trinajstić information content (AvgIpc) is 2.91. The van der Waals surface area contributed by atoms with Gasteiger partial charge in [0.15, 0.2) is 5.76 Å². The highest BCUT2D eigenvalue weighted by Crippen LogP contribution is 2.23. The van der Waals surface area contributed by atoms with E-state index in [1.807, 2.05) is 30.3 Å². The van der Waals surface area contributed by atoms with Gasteiger partial charge in [-0.25, -0.2) is 0 Å². The van der Waals surface area contributed by atoms with E-state index in [4.69, 9.17) is 16.0 Å². The standard InChI is InChI=1S/C15H11ClN2O2S/c16-11-6-7-13-10(8-11)9-14(20-13)15(19)17-18-21-12-4-2-1-3-5-12/h1-9,18H,(H,17,19). The third-order valence-corrected chi connectivity index (χ3v) is 3.73. The van der Waals surface area contributed by atoms with Crippen LogP contribution >= 0.6 is 23.5 Å². The molecule has 2 aromatic carbocycles. The fourth-order valence-electron chi connectivity index (χ4n) is 1.81. The van der Waals surface area contributed by atoms with Crippen LogP contribution in [0.3, 0.4) is 0 Å².